The van der Waals surface area contributed by atoms with Gasteiger partial charge in [0.15, 0.2) is 0 Å². The second-order valence-electron chi connectivity index (χ2n) is 3.11. The van der Waals surface area contributed by atoms with Gasteiger partial charge in [-0.2, -0.15) is 0 Å². The van der Waals surface area contributed by atoms with E-state index >= 15 is 0 Å². The summed E-state index contributed by atoms with van der Waals surface area (Å²) in [5, 5.41) is 4.37. The molecule has 0 amide bonds. The Labute approximate surface area is 97.6 Å². The first-order chi connectivity index (χ1) is 6.91. The zero-order valence-corrected chi connectivity index (χ0v) is 11.0. The molecule has 0 aliphatic carbocycles. The second kappa shape index (κ2) is 13.2. The highest BCUT2D eigenvalue weighted by molar-refractivity contribution is 8.02. The summed E-state index contributed by atoms with van der Waals surface area (Å²) in [4.78, 5) is 0. The average molecular weight is 230 g/mol. The van der Waals surface area contributed by atoms with Gasteiger partial charge in [0, 0.05) is 0 Å². The van der Waals surface area contributed by atoms with Crippen molar-refractivity contribution in [2.75, 3.05) is 11.5 Å². The van der Waals surface area contributed by atoms with Gasteiger partial charge in [0.25, 0.3) is 0 Å². The fourth-order valence-corrected chi connectivity index (χ4v) is 2.38. The summed E-state index contributed by atoms with van der Waals surface area (Å²) in [7, 11) is 0. The Hall–Kier alpha value is 0.180. The maximum absolute atomic E-state index is 2.23. The highest BCUT2D eigenvalue weighted by Crippen LogP contribution is 2.08. The van der Waals surface area contributed by atoms with E-state index in [9.17, 15) is 0 Å². The van der Waals surface area contributed by atoms with Gasteiger partial charge in [-0.3, -0.25) is 0 Å². The topological polar surface area (TPSA) is 0 Å². The second-order valence-corrected chi connectivity index (χ2v) is 5.13. The van der Waals surface area contributed by atoms with E-state index in [1.165, 1.54) is 37.2 Å². The van der Waals surface area contributed by atoms with Crippen molar-refractivity contribution in [1.82, 2.24) is 0 Å². The number of thioether (sulfide) groups is 2. The van der Waals surface area contributed by atoms with E-state index < -0.39 is 0 Å². The molecule has 0 fully saturated rings. The molecule has 0 spiro atoms. The molecular weight excluding hydrogens is 208 g/mol. The van der Waals surface area contributed by atoms with Crippen LogP contribution in [0.5, 0.6) is 0 Å². The Bertz CT molecular complexity index is 132. The molecule has 0 aliphatic rings. The van der Waals surface area contributed by atoms with Crippen molar-refractivity contribution in [2.24, 2.45) is 0 Å². The van der Waals surface area contributed by atoms with E-state index in [1.807, 2.05) is 23.5 Å². The molecule has 0 aromatic rings. The van der Waals surface area contributed by atoms with Gasteiger partial charge in [0.2, 0.25) is 0 Å². The molecule has 0 rings (SSSR count). The average Bonchev–Trinajstić information content (AvgIpc) is 2.21. The molecule has 0 saturated heterocycles. The van der Waals surface area contributed by atoms with Gasteiger partial charge >= 0.3 is 0 Å². The molecule has 0 aliphatic heterocycles. The first-order valence-electron chi connectivity index (χ1n) is 5.46. The van der Waals surface area contributed by atoms with E-state index in [-0.39, 0.29) is 0 Å². The summed E-state index contributed by atoms with van der Waals surface area (Å²) < 4.78 is 0. The van der Waals surface area contributed by atoms with Crippen molar-refractivity contribution in [3.05, 3.63) is 23.0 Å². The molecule has 0 nitrogen and oxygen atoms in total. The third kappa shape index (κ3) is 12.2. The molecule has 2 heteroatoms. The van der Waals surface area contributed by atoms with Crippen molar-refractivity contribution in [3.63, 3.8) is 0 Å². The maximum Gasteiger partial charge on any atom is -0.00261 e. The molecule has 0 unspecified atom stereocenters. The van der Waals surface area contributed by atoms with Crippen LogP contribution in [-0.2, 0) is 0 Å². The summed E-state index contributed by atoms with van der Waals surface area (Å²) >= 11 is 3.81. The number of unbranched alkanes of at least 4 members (excludes halogenated alkanes) is 2. The molecule has 0 saturated carbocycles. The molecular formula is C12H22S2. The van der Waals surface area contributed by atoms with Gasteiger partial charge in [-0.15, -0.1) is 23.5 Å². The van der Waals surface area contributed by atoms with Gasteiger partial charge in [-0.25, -0.2) is 0 Å². The molecule has 0 radical (unpaired) electrons. The third-order valence-electron chi connectivity index (χ3n) is 1.69. The SMILES string of the molecule is CCCCS/C=C/C=C/SCCCC. The van der Waals surface area contributed by atoms with E-state index in [4.69, 9.17) is 0 Å². The number of hydrogen-bond acceptors (Lipinski definition) is 2. The van der Waals surface area contributed by atoms with Crippen LogP contribution in [0, 0.1) is 0 Å². The van der Waals surface area contributed by atoms with Crippen LogP contribution in [0.4, 0.5) is 0 Å². The van der Waals surface area contributed by atoms with E-state index in [1.54, 1.807) is 0 Å². The van der Waals surface area contributed by atoms with Crippen LogP contribution in [0.25, 0.3) is 0 Å². The van der Waals surface area contributed by atoms with Crippen LogP contribution in [0.3, 0.4) is 0 Å². The highest BCUT2D eigenvalue weighted by Gasteiger charge is 1.81. The molecule has 0 aromatic carbocycles. The van der Waals surface area contributed by atoms with Crippen LogP contribution in [0.15, 0.2) is 23.0 Å². The summed E-state index contributed by atoms with van der Waals surface area (Å²) in [5.74, 6) is 2.51. The lowest BCUT2D eigenvalue weighted by Gasteiger charge is -1.91. The Morgan fingerprint density at radius 2 is 1.21 bits per heavy atom. The minimum absolute atomic E-state index is 1.25. The minimum Gasteiger partial charge on any atom is -0.134 e. The van der Waals surface area contributed by atoms with Crippen molar-refractivity contribution in [3.8, 4) is 0 Å². The minimum atomic E-state index is 1.25. The monoisotopic (exact) mass is 230 g/mol. The lowest BCUT2D eigenvalue weighted by Crippen LogP contribution is -1.72. The van der Waals surface area contributed by atoms with Gasteiger partial charge in [0.05, 0.1) is 0 Å². The fraction of sp³-hybridized carbons (Fsp3) is 0.667. The Balaban J connectivity index is 3.15. The smallest absolute Gasteiger partial charge is 0.00261 e. The predicted octanol–water partition coefficient (Wildman–Crippen LogP) is 5.08. The van der Waals surface area contributed by atoms with Crippen molar-refractivity contribution < 1.29 is 0 Å². The molecule has 0 bridgehead atoms. The lowest BCUT2D eigenvalue weighted by molar-refractivity contribution is 0.897. The number of rotatable bonds is 9. The van der Waals surface area contributed by atoms with Crippen LogP contribution in [0.1, 0.15) is 39.5 Å². The summed E-state index contributed by atoms with van der Waals surface area (Å²) in [6.45, 7) is 4.46. The number of allylic oxidation sites excluding steroid dienone is 2. The van der Waals surface area contributed by atoms with Crippen molar-refractivity contribution >= 4 is 23.5 Å². The zero-order valence-electron chi connectivity index (χ0n) is 9.37. The Morgan fingerprint density at radius 3 is 1.57 bits per heavy atom. The van der Waals surface area contributed by atoms with E-state index in [0.29, 0.717) is 0 Å². The first kappa shape index (κ1) is 14.2. The van der Waals surface area contributed by atoms with Gasteiger partial charge in [-0.05, 0) is 35.2 Å². The van der Waals surface area contributed by atoms with E-state index in [0.717, 1.165) is 0 Å². The predicted molar refractivity (Wildman–Crippen MR) is 73.0 cm³/mol. The Morgan fingerprint density at radius 1 is 0.786 bits per heavy atom. The molecule has 0 heterocycles. The summed E-state index contributed by atoms with van der Waals surface area (Å²) in [5.41, 5.74) is 0. The van der Waals surface area contributed by atoms with Crippen molar-refractivity contribution in [1.29, 1.82) is 0 Å². The quantitative estimate of drug-likeness (QED) is 0.400. The Kier molecular flexibility index (Phi) is 13.3. The number of hydrogen-bond donors (Lipinski definition) is 0. The van der Waals surface area contributed by atoms with Crippen LogP contribution < -0.4 is 0 Å². The first-order valence-corrected chi connectivity index (χ1v) is 7.56. The summed E-state index contributed by atoms with van der Waals surface area (Å²) in [6.07, 6.45) is 9.51. The van der Waals surface area contributed by atoms with Gasteiger partial charge < -0.3 is 0 Å². The lowest BCUT2D eigenvalue weighted by atomic mass is 10.4. The van der Waals surface area contributed by atoms with Crippen LogP contribution >= 0.6 is 23.5 Å². The van der Waals surface area contributed by atoms with Crippen LogP contribution in [0.2, 0.25) is 0 Å². The van der Waals surface area contributed by atoms with Crippen LogP contribution in [-0.4, -0.2) is 11.5 Å². The largest absolute Gasteiger partial charge is 0.134 e. The molecule has 0 N–H and O–H groups in total. The maximum atomic E-state index is 2.23. The van der Waals surface area contributed by atoms with Crippen molar-refractivity contribution in [2.45, 2.75) is 39.5 Å². The molecule has 0 atom stereocenters. The molecule has 82 valence electrons. The zero-order chi connectivity index (χ0) is 10.5. The molecule has 0 aromatic heterocycles. The fourth-order valence-electron chi connectivity index (χ4n) is 0.793. The normalized spacial score (nSPS) is 11.9. The van der Waals surface area contributed by atoms with Gasteiger partial charge in [0.1, 0.15) is 0 Å². The summed E-state index contributed by atoms with van der Waals surface area (Å²) in [6, 6.07) is 0. The van der Waals surface area contributed by atoms with E-state index in [2.05, 4.69) is 36.8 Å². The highest BCUT2D eigenvalue weighted by atomic mass is 32.2. The standard InChI is InChI=1S/C12H22S2/c1-3-5-9-13-11-7-8-12-14-10-6-4-2/h7-8,11-12H,3-6,9-10H2,1-2H3/b11-7+,12-8+. The third-order valence-corrected chi connectivity index (χ3v) is 3.44. The molecule has 14 heavy (non-hydrogen) atoms. The van der Waals surface area contributed by atoms with Gasteiger partial charge in [-0.1, -0.05) is 38.8 Å².